The van der Waals surface area contributed by atoms with Crippen LogP contribution < -0.4 is 5.73 Å². The smallest absolute Gasteiger partial charge is 0.273 e. The zero-order valence-corrected chi connectivity index (χ0v) is 10.3. The van der Waals surface area contributed by atoms with E-state index in [2.05, 4.69) is 11.9 Å². The van der Waals surface area contributed by atoms with Crippen LogP contribution in [-0.4, -0.2) is 28.9 Å². The Labute approximate surface area is 99.5 Å². The van der Waals surface area contributed by atoms with Gasteiger partial charge in [-0.05, 0) is 12.8 Å². The molecule has 1 aliphatic heterocycles. The highest BCUT2D eigenvalue weighted by atomic mass is 32.1. The third kappa shape index (κ3) is 2.25. The summed E-state index contributed by atoms with van der Waals surface area (Å²) < 4.78 is 0. The number of likely N-dealkylation sites (tertiary alicyclic amines) is 1. The van der Waals surface area contributed by atoms with E-state index in [4.69, 9.17) is 5.73 Å². The molecular weight excluding hydrogens is 222 g/mol. The Morgan fingerprint density at radius 2 is 2.44 bits per heavy atom. The molecule has 1 unspecified atom stereocenters. The van der Waals surface area contributed by atoms with Crippen molar-refractivity contribution >= 4 is 17.2 Å². The van der Waals surface area contributed by atoms with Gasteiger partial charge < -0.3 is 10.6 Å². The normalized spacial score (nSPS) is 17.0. The maximum atomic E-state index is 11.9. The summed E-state index contributed by atoms with van der Waals surface area (Å²) >= 11 is 1.49. The van der Waals surface area contributed by atoms with Crippen molar-refractivity contribution in [2.75, 3.05) is 13.1 Å². The topological polar surface area (TPSA) is 59.2 Å². The minimum atomic E-state index is -0.0204. The van der Waals surface area contributed by atoms with Gasteiger partial charge in [0.2, 0.25) is 0 Å². The van der Waals surface area contributed by atoms with Gasteiger partial charge in [-0.25, -0.2) is 4.98 Å². The van der Waals surface area contributed by atoms with Crippen LogP contribution in [0.5, 0.6) is 0 Å². The maximum Gasteiger partial charge on any atom is 0.273 e. The summed E-state index contributed by atoms with van der Waals surface area (Å²) in [6.45, 7) is 3.83. The van der Waals surface area contributed by atoms with Crippen molar-refractivity contribution in [2.45, 2.75) is 32.2 Å². The number of hydrogen-bond acceptors (Lipinski definition) is 4. The lowest BCUT2D eigenvalue weighted by atomic mass is 10.2. The van der Waals surface area contributed by atoms with Gasteiger partial charge in [-0.2, -0.15) is 0 Å². The predicted octanol–water partition coefficient (Wildman–Crippen LogP) is 1.79. The van der Waals surface area contributed by atoms with Crippen LogP contribution in [0.1, 0.15) is 47.7 Å². The van der Waals surface area contributed by atoms with Crippen LogP contribution in [0.3, 0.4) is 0 Å². The fourth-order valence-electron chi connectivity index (χ4n) is 1.67. The molecule has 1 fully saturated rings. The van der Waals surface area contributed by atoms with Crippen LogP contribution in [0.25, 0.3) is 0 Å². The van der Waals surface area contributed by atoms with Gasteiger partial charge in [-0.1, -0.05) is 13.3 Å². The fraction of sp³-hybridized carbons (Fsp3) is 0.636. The summed E-state index contributed by atoms with van der Waals surface area (Å²) in [5.41, 5.74) is 6.53. The molecule has 0 aromatic carbocycles. The molecule has 2 heterocycles. The molecule has 0 aliphatic carbocycles. The van der Waals surface area contributed by atoms with E-state index in [-0.39, 0.29) is 11.9 Å². The first-order valence-corrected chi connectivity index (χ1v) is 6.60. The molecule has 5 heteroatoms. The van der Waals surface area contributed by atoms with Crippen LogP contribution in [0.4, 0.5) is 0 Å². The second kappa shape index (κ2) is 4.93. The zero-order chi connectivity index (χ0) is 11.5. The van der Waals surface area contributed by atoms with E-state index in [0.29, 0.717) is 5.69 Å². The zero-order valence-electron chi connectivity index (χ0n) is 9.48. The summed E-state index contributed by atoms with van der Waals surface area (Å²) in [4.78, 5) is 18.0. The highest BCUT2D eigenvalue weighted by Crippen LogP contribution is 2.21. The third-order valence-electron chi connectivity index (χ3n) is 2.80. The Bertz CT molecular complexity index is 373. The molecular formula is C11H17N3OS. The van der Waals surface area contributed by atoms with Crippen LogP contribution in [-0.2, 0) is 0 Å². The van der Waals surface area contributed by atoms with Crippen molar-refractivity contribution < 1.29 is 4.79 Å². The van der Waals surface area contributed by atoms with Crippen molar-refractivity contribution in [1.82, 2.24) is 9.88 Å². The van der Waals surface area contributed by atoms with Gasteiger partial charge >= 0.3 is 0 Å². The number of nitrogens with zero attached hydrogens (tertiary/aromatic N) is 2. The van der Waals surface area contributed by atoms with Gasteiger partial charge in [0.25, 0.3) is 5.91 Å². The molecule has 4 nitrogen and oxygen atoms in total. The third-order valence-corrected chi connectivity index (χ3v) is 3.78. The predicted molar refractivity (Wildman–Crippen MR) is 64.5 cm³/mol. The SMILES string of the molecule is CCCC(N)c1nc(C(=O)N2CCC2)cs1. The fourth-order valence-corrected chi connectivity index (χ4v) is 2.50. The van der Waals surface area contributed by atoms with Gasteiger partial charge in [-0.15, -0.1) is 11.3 Å². The van der Waals surface area contributed by atoms with Gasteiger partial charge in [0.15, 0.2) is 0 Å². The number of thiazole rings is 1. The molecule has 1 saturated heterocycles. The minimum Gasteiger partial charge on any atom is -0.337 e. The first kappa shape index (κ1) is 11.5. The molecule has 2 rings (SSSR count). The quantitative estimate of drug-likeness (QED) is 0.871. The number of aromatic nitrogens is 1. The number of nitrogens with two attached hydrogens (primary N) is 1. The van der Waals surface area contributed by atoms with E-state index in [0.717, 1.165) is 37.4 Å². The lowest BCUT2D eigenvalue weighted by Crippen LogP contribution is -2.42. The first-order chi connectivity index (χ1) is 7.72. The summed E-state index contributed by atoms with van der Waals surface area (Å²) in [6, 6.07) is -0.0204. The number of amides is 1. The van der Waals surface area contributed by atoms with Crippen molar-refractivity contribution in [2.24, 2.45) is 5.73 Å². The monoisotopic (exact) mass is 239 g/mol. The molecule has 1 amide bonds. The van der Waals surface area contributed by atoms with E-state index < -0.39 is 0 Å². The van der Waals surface area contributed by atoms with Gasteiger partial charge in [0, 0.05) is 18.5 Å². The Hall–Kier alpha value is -0.940. The summed E-state index contributed by atoms with van der Waals surface area (Å²) in [5, 5.41) is 2.71. The van der Waals surface area contributed by atoms with E-state index in [1.807, 2.05) is 10.3 Å². The molecule has 1 aromatic heterocycles. The number of rotatable bonds is 4. The van der Waals surface area contributed by atoms with Crippen molar-refractivity contribution in [3.8, 4) is 0 Å². The average molecular weight is 239 g/mol. The van der Waals surface area contributed by atoms with Crippen LogP contribution in [0.15, 0.2) is 5.38 Å². The second-order valence-corrected chi connectivity index (χ2v) is 5.00. The number of hydrogen-bond donors (Lipinski definition) is 1. The molecule has 16 heavy (non-hydrogen) atoms. The Balaban J connectivity index is 2.03. The Kier molecular flexibility index (Phi) is 3.56. The number of carbonyl (C=O) groups is 1. The van der Waals surface area contributed by atoms with E-state index in [9.17, 15) is 4.79 Å². The maximum absolute atomic E-state index is 11.9. The van der Waals surface area contributed by atoms with E-state index in [1.54, 1.807) is 0 Å². The highest BCUT2D eigenvalue weighted by Gasteiger charge is 2.24. The van der Waals surface area contributed by atoms with Crippen molar-refractivity contribution in [3.63, 3.8) is 0 Å². The average Bonchev–Trinajstić information content (AvgIpc) is 2.63. The lowest BCUT2D eigenvalue weighted by molar-refractivity contribution is 0.0646. The summed E-state index contributed by atoms with van der Waals surface area (Å²) in [5.74, 6) is 0.0532. The molecule has 1 aromatic rings. The van der Waals surface area contributed by atoms with Crippen molar-refractivity contribution in [1.29, 1.82) is 0 Å². The minimum absolute atomic E-state index is 0.0204. The largest absolute Gasteiger partial charge is 0.337 e. The van der Waals surface area contributed by atoms with Gasteiger partial charge in [-0.3, -0.25) is 4.79 Å². The number of carbonyl (C=O) groups excluding carboxylic acids is 1. The van der Waals surface area contributed by atoms with Gasteiger partial charge in [0.1, 0.15) is 10.7 Å². The second-order valence-electron chi connectivity index (χ2n) is 4.11. The molecule has 0 radical (unpaired) electrons. The lowest BCUT2D eigenvalue weighted by Gasteiger charge is -2.30. The summed E-state index contributed by atoms with van der Waals surface area (Å²) in [6.07, 6.45) is 3.07. The van der Waals surface area contributed by atoms with Crippen LogP contribution >= 0.6 is 11.3 Å². The summed E-state index contributed by atoms with van der Waals surface area (Å²) in [7, 11) is 0. The molecule has 1 atom stereocenters. The van der Waals surface area contributed by atoms with Gasteiger partial charge in [0.05, 0.1) is 6.04 Å². The standard InChI is InChI=1S/C11H17N3OS/c1-2-4-8(12)10-13-9(7-16-10)11(15)14-5-3-6-14/h7-8H,2-6,12H2,1H3. The molecule has 1 aliphatic rings. The van der Waals surface area contributed by atoms with E-state index >= 15 is 0 Å². The van der Waals surface area contributed by atoms with E-state index in [1.165, 1.54) is 11.3 Å². The molecule has 0 bridgehead atoms. The first-order valence-electron chi connectivity index (χ1n) is 5.72. The molecule has 0 saturated carbocycles. The van der Waals surface area contributed by atoms with Crippen LogP contribution in [0.2, 0.25) is 0 Å². The Morgan fingerprint density at radius 3 is 3.00 bits per heavy atom. The van der Waals surface area contributed by atoms with Crippen molar-refractivity contribution in [3.05, 3.63) is 16.1 Å². The molecule has 2 N–H and O–H groups in total. The van der Waals surface area contributed by atoms with Crippen LogP contribution in [0, 0.1) is 0 Å². The Morgan fingerprint density at radius 1 is 1.69 bits per heavy atom. The highest BCUT2D eigenvalue weighted by molar-refractivity contribution is 7.09. The molecule has 88 valence electrons. The molecule has 0 spiro atoms.